The highest BCUT2D eigenvalue weighted by molar-refractivity contribution is 7.90. The minimum Gasteiger partial charge on any atom is -0.370 e. The second kappa shape index (κ2) is 10.3. The van der Waals surface area contributed by atoms with Crippen LogP contribution in [-0.4, -0.2) is 46.8 Å². The van der Waals surface area contributed by atoms with Crippen molar-refractivity contribution in [2.45, 2.75) is 38.3 Å². The van der Waals surface area contributed by atoms with E-state index in [2.05, 4.69) is 46.6 Å². The van der Waals surface area contributed by atoms with Gasteiger partial charge in [0, 0.05) is 38.1 Å². The van der Waals surface area contributed by atoms with E-state index in [9.17, 15) is 8.42 Å². The predicted molar refractivity (Wildman–Crippen MR) is 121 cm³/mol. The van der Waals surface area contributed by atoms with Crippen LogP contribution in [0.15, 0.2) is 58.4 Å². The van der Waals surface area contributed by atoms with Gasteiger partial charge in [-0.2, -0.15) is 0 Å². The summed E-state index contributed by atoms with van der Waals surface area (Å²) in [5.41, 5.74) is 2.89. The Bertz CT molecular complexity index is 927. The Morgan fingerprint density at radius 2 is 1.83 bits per heavy atom. The van der Waals surface area contributed by atoms with Crippen LogP contribution in [0.3, 0.4) is 0 Å². The zero-order valence-electron chi connectivity index (χ0n) is 17.9. The summed E-state index contributed by atoms with van der Waals surface area (Å²) in [6, 6.07) is 15.9. The van der Waals surface area contributed by atoms with Crippen LogP contribution in [0.25, 0.3) is 0 Å². The average Bonchev–Trinajstić information content (AvgIpc) is 2.69. The van der Waals surface area contributed by atoms with Crippen molar-refractivity contribution in [1.82, 2.24) is 10.6 Å². The second-order valence-electron chi connectivity index (χ2n) is 7.24. The van der Waals surface area contributed by atoms with E-state index in [-0.39, 0.29) is 6.04 Å². The molecule has 0 aliphatic rings. The number of hydrogen-bond donors (Lipinski definition) is 2. The molecule has 29 heavy (non-hydrogen) atoms. The van der Waals surface area contributed by atoms with Crippen LogP contribution in [0.1, 0.15) is 25.0 Å². The fraction of sp³-hybridized carbons (Fsp3) is 0.409. The summed E-state index contributed by atoms with van der Waals surface area (Å²) in [7, 11) is -1.12. The van der Waals surface area contributed by atoms with Gasteiger partial charge in [0.2, 0.25) is 0 Å². The number of aliphatic imine (C=N–C) groups is 1. The van der Waals surface area contributed by atoms with E-state index in [1.54, 1.807) is 6.07 Å². The van der Waals surface area contributed by atoms with Crippen molar-refractivity contribution in [3.8, 4) is 0 Å². The van der Waals surface area contributed by atoms with Gasteiger partial charge in [-0.25, -0.2) is 13.4 Å². The van der Waals surface area contributed by atoms with Crippen LogP contribution in [0.5, 0.6) is 0 Å². The number of aryl methyl sites for hydroxylation is 1. The minimum atomic E-state index is -3.20. The molecule has 0 saturated carbocycles. The van der Waals surface area contributed by atoms with Crippen molar-refractivity contribution in [2.75, 3.05) is 31.3 Å². The fourth-order valence-electron chi connectivity index (χ4n) is 3.04. The first-order chi connectivity index (χ1) is 13.7. The number of nitrogens with one attached hydrogen (secondary N) is 2. The maximum Gasteiger partial charge on any atom is 0.191 e. The lowest BCUT2D eigenvalue weighted by Crippen LogP contribution is -2.45. The zero-order valence-corrected chi connectivity index (χ0v) is 18.8. The summed E-state index contributed by atoms with van der Waals surface area (Å²) in [6.45, 7) is 7.99. The van der Waals surface area contributed by atoms with Gasteiger partial charge in [0.25, 0.3) is 0 Å². The predicted octanol–water partition coefficient (Wildman–Crippen LogP) is 2.98. The number of sulfone groups is 1. The Morgan fingerprint density at radius 1 is 1.14 bits per heavy atom. The molecule has 0 aliphatic carbocycles. The normalized spacial score (nSPS) is 13.1. The van der Waals surface area contributed by atoms with E-state index in [1.165, 1.54) is 11.9 Å². The molecule has 0 saturated heterocycles. The van der Waals surface area contributed by atoms with Crippen molar-refractivity contribution in [2.24, 2.45) is 4.99 Å². The molecule has 158 valence electrons. The molecule has 0 bridgehead atoms. The Kier molecular flexibility index (Phi) is 8.08. The van der Waals surface area contributed by atoms with Crippen molar-refractivity contribution in [1.29, 1.82) is 0 Å². The molecule has 0 aromatic heterocycles. The second-order valence-corrected chi connectivity index (χ2v) is 9.23. The highest BCUT2D eigenvalue weighted by Gasteiger charge is 2.12. The average molecular weight is 417 g/mol. The number of rotatable bonds is 8. The first-order valence-corrected chi connectivity index (χ1v) is 11.7. The molecule has 2 aromatic carbocycles. The number of benzene rings is 2. The van der Waals surface area contributed by atoms with Crippen molar-refractivity contribution >= 4 is 21.5 Å². The van der Waals surface area contributed by atoms with Gasteiger partial charge in [0.15, 0.2) is 15.8 Å². The first kappa shape index (κ1) is 22.7. The van der Waals surface area contributed by atoms with E-state index in [0.29, 0.717) is 11.4 Å². The lowest BCUT2D eigenvalue weighted by Gasteiger charge is -2.27. The third-order valence-electron chi connectivity index (χ3n) is 4.79. The maximum atomic E-state index is 11.8. The standard InChI is InChI=1S/C22H32N4O2S/c1-6-23-22(24-15-18(3)26(4)20-10-8-7-9-11-20)25-16-19-12-13-21(17(2)14-19)29(5,27)28/h7-14,18H,6,15-16H2,1-5H3,(H2,23,24,25). The molecule has 7 heteroatoms. The maximum absolute atomic E-state index is 11.8. The topological polar surface area (TPSA) is 73.8 Å². The molecule has 0 aliphatic heterocycles. The molecule has 0 amide bonds. The van der Waals surface area contributed by atoms with Gasteiger partial charge >= 0.3 is 0 Å². The molecule has 0 fully saturated rings. The van der Waals surface area contributed by atoms with Gasteiger partial charge in [-0.1, -0.05) is 30.3 Å². The Labute approximate surface area is 175 Å². The highest BCUT2D eigenvalue weighted by atomic mass is 32.2. The number of nitrogens with zero attached hydrogens (tertiary/aromatic N) is 2. The van der Waals surface area contributed by atoms with Crippen LogP contribution >= 0.6 is 0 Å². The van der Waals surface area contributed by atoms with E-state index < -0.39 is 9.84 Å². The first-order valence-electron chi connectivity index (χ1n) is 9.82. The molecule has 1 atom stereocenters. The van der Waals surface area contributed by atoms with Crippen molar-refractivity contribution in [3.05, 3.63) is 59.7 Å². The molecule has 0 radical (unpaired) electrons. The van der Waals surface area contributed by atoms with Crippen LogP contribution in [0.4, 0.5) is 5.69 Å². The Balaban J connectivity index is 2.02. The molecular formula is C22H32N4O2S. The Morgan fingerprint density at radius 3 is 2.41 bits per heavy atom. The number of guanidine groups is 1. The molecule has 0 spiro atoms. The molecule has 1 unspecified atom stereocenters. The fourth-order valence-corrected chi connectivity index (χ4v) is 4.00. The van der Waals surface area contributed by atoms with Crippen molar-refractivity contribution in [3.63, 3.8) is 0 Å². The van der Waals surface area contributed by atoms with E-state index in [0.717, 1.165) is 30.2 Å². The van der Waals surface area contributed by atoms with Gasteiger partial charge in [0.05, 0.1) is 11.4 Å². The van der Waals surface area contributed by atoms with Gasteiger partial charge in [-0.05, 0) is 50.1 Å². The molecule has 2 aromatic rings. The third-order valence-corrected chi connectivity index (χ3v) is 6.05. The number of anilines is 1. The highest BCUT2D eigenvalue weighted by Crippen LogP contribution is 2.17. The zero-order chi connectivity index (χ0) is 21.4. The molecule has 6 nitrogen and oxygen atoms in total. The van der Waals surface area contributed by atoms with Gasteiger partial charge in [0.1, 0.15) is 0 Å². The van der Waals surface area contributed by atoms with Crippen LogP contribution in [0, 0.1) is 6.92 Å². The lowest BCUT2D eigenvalue weighted by molar-refractivity contribution is 0.601. The SMILES string of the molecule is CCNC(=NCc1ccc(S(C)(=O)=O)c(C)c1)NCC(C)N(C)c1ccccc1. The smallest absolute Gasteiger partial charge is 0.191 e. The van der Waals surface area contributed by atoms with Gasteiger partial charge < -0.3 is 15.5 Å². The van der Waals surface area contributed by atoms with Crippen LogP contribution in [-0.2, 0) is 16.4 Å². The summed E-state index contributed by atoms with van der Waals surface area (Å²) in [6.07, 6.45) is 1.23. The number of hydrogen-bond acceptors (Lipinski definition) is 4. The summed E-state index contributed by atoms with van der Waals surface area (Å²) < 4.78 is 23.5. The van der Waals surface area contributed by atoms with E-state index >= 15 is 0 Å². The number of para-hydroxylation sites is 1. The van der Waals surface area contributed by atoms with E-state index in [1.807, 2.05) is 44.2 Å². The third kappa shape index (κ3) is 6.78. The lowest BCUT2D eigenvalue weighted by atomic mass is 10.1. The van der Waals surface area contributed by atoms with Gasteiger partial charge in [-0.15, -0.1) is 0 Å². The minimum absolute atomic E-state index is 0.276. The molecule has 0 heterocycles. The summed E-state index contributed by atoms with van der Waals surface area (Å²) >= 11 is 0. The summed E-state index contributed by atoms with van der Waals surface area (Å²) in [5.74, 6) is 0.741. The molecule has 2 N–H and O–H groups in total. The van der Waals surface area contributed by atoms with Crippen LogP contribution < -0.4 is 15.5 Å². The Hall–Kier alpha value is -2.54. The van der Waals surface area contributed by atoms with Crippen molar-refractivity contribution < 1.29 is 8.42 Å². The molecule has 2 rings (SSSR count). The summed E-state index contributed by atoms with van der Waals surface area (Å²) in [4.78, 5) is 7.24. The largest absolute Gasteiger partial charge is 0.370 e. The quantitative estimate of drug-likeness (QED) is 0.511. The number of likely N-dealkylation sites (N-methyl/N-ethyl adjacent to an activating group) is 1. The molecular weight excluding hydrogens is 384 g/mol. The van der Waals surface area contributed by atoms with Crippen LogP contribution in [0.2, 0.25) is 0 Å². The monoisotopic (exact) mass is 416 g/mol. The summed E-state index contributed by atoms with van der Waals surface area (Å²) in [5, 5.41) is 6.65. The van der Waals surface area contributed by atoms with Gasteiger partial charge in [-0.3, -0.25) is 0 Å². The van der Waals surface area contributed by atoms with E-state index in [4.69, 9.17) is 0 Å².